The van der Waals surface area contributed by atoms with Crippen LogP contribution in [0.2, 0.25) is 0 Å². The Morgan fingerprint density at radius 2 is 2.17 bits per heavy atom. The van der Waals surface area contributed by atoms with E-state index in [9.17, 15) is 9.59 Å². The first-order valence-electron chi connectivity index (χ1n) is 5.69. The maximum absolute atomic E-state index is 11.8. The van der Waals surface area contributed by atoms with Crippen LogP contribution in [0.5, 0.6) is 0 Å². The Labute approximate surface area is 103 Å². The van der Waals surface area contributed by atoms with E-state index in [1.165, 1.54) is 16.8 Å². The van der Waals surface area contributed by atoms with Crippen molar-refractivity contribution in [1.29, 1.82) is 0 Å². The summed E-state index contributed by atoms with van der Waals surface area (Å²) >= 11 is 0. The monoisotopic (exact) mass is 250 g/mol. The van der Waals surface area contributed by atoms with Gasteiger partial charge in [0.1, 0.15) is 0 Å². The van der Waals surface area contributed by atoms with E-state index < -0.39 is 5.69 Å². The number of hydrogen-bond acceptors (Lipinski definition) is 5. The van der Waals surface area contributed by atoms with Crippen LogP contribution in [0.15, 0.2) is 26.4 Å². The van der Waals surface area contributed by atoms with Crippen molar-refractivity contribution in [3.63, 3.8) is 0 Å². The molecule has 2 heterocycles. The van der Waals surface area contributed by atoms with Crippen molar-refractivity contribution in [2.75, 3.05) is 0 Å². The smallest absolute Gasteiger partial charge is 0.331 e. The minimum Gasteiger partial charge on any atom is -0.339 e. The molecule has 2 aromatic heterocycles. The average Bonchev–Trinajstić information content (AvgIpc) is 2.78. The van der Waals surface area contributed by atoms with Crippen LogP contribution in [0.25, 0.3) is 0 Å². The highest BCUT2D eigenvalue weighted by Gasteiger charge is 2.09. The first-order valence-corrected chi connectivity index (χ1v) is 5.69. The highest BCUT2D eigenvalue weighted by atomic mass is 16.5. The number of rotatable bonds is 4. The zero-order chi connectivity index (χ0) is 13.1. The zero-order valence-electron chi connectivity index (χ0n) is 10.3. The third-order valence-corrected chi connectivity index (χ3v) is 2.51. The summed E-state index contributed by atoms with van der Waals surface area (Å²) in [5.41, 5.74) is -0.774. The van der Waals surface area contributed by atoms with Crippen LogP contribution >= 0.6 is 0 Å². The lowest BCUT2D eigenvalue weighted by atomic mass is 10.3. The third-order valence-electron chi connectivity index (χ3n) is 2.51. The molecule has 0 amide bonds. The van der Waals surface area contributed by atoms with Crippen LogP contribution < -0.4 is 11.2 Å². The van der Waals surface area contributed by atoms with E-state index in [1.807, 2.05) is 6.92 Å². The van der Waals surface area contributed by atoms with Gasteiger partial charge in [0.05, 0.1) is 6.54 Å². The SMILES string of the molecule is CCCc1nc(Cn2c(=O)ccn(C)c2=O)no1. The van der Waals surface area contributed by atoms with Crippen molar-refractivity contribution in [2.45, 2.75) is 26.3 Å². The molecule has 0 saturated carbocycles. The van der Waals surface area contributed by atoms with Crippen LogP contribution in [0.4, 0.5) is 0 Å². The molecule has 0 aliphatic rings. The predicted molar refractivity (Wildman–Crippen MR) is 63.3 cm³/mol. The van der Waals surface area contributed by atoms with E-state index in [4.69, 9.17) is 4.52 Å². The van der Waals surface area contributed by atoms with Crippen LogP contribution in [0.1, 0.15) is 25.1 Å². The zero-order valence-corrected chi connectivity index (χ0v) is 10.3. The minimum absolute atomic E-state index is 0.0273. The molecular formula is C11H14N4O3. The van der Waals surface area contributed by atoms with Crippen LogP contribution in [0.3, 0.4) is 0 Å². The maximum atomic E-state index is 11.8. The van der Waals surface area contributed by atoms with Gasteiger partial charge < -0.3 is 9.09 Å². The van der Waals surface area contributed by atoms with E-state index in [1.54, 1.807) is 7.05 Å². The molecule has 7 nitrogen and oxygen atoms in total. The fourth-order valence-electron chi connectivity index (χ4n) is 1.57. The molecule has 7 heteroatoms. The number of nitrogens with zero attached hydrogens (tertiary/aromatic N) is 4. The Kier molecular flexibility index (Phi) is 3.40. The predicted octanol–water partition coefficient (Wildman–Crippen LogP) is -0.0692. The van der Waals surface area contributed by atoms with E-state index in [0.717, 1.165) is 11.0 Å². The molecule has 18 heavy (non-hydrogen) atoms. The first-order chi connectivity index (χ1) is 8.61. The summed E-state index contributed by atoms with van der Waals surface area (Å²) in [7, 11) is 1.58. The lowest BCUT2D eigenvalue weighted by molar-refractivity contribution is 0.370. The molecule has 0 aliphatic carbocycles. The van der Waals surface area contributed by atoms with Gasteiger partial charge in [0.15, 0.2) is 5.82 Å². The van der Waals surface area contributed by atoms with Gasteiger partial charge in [0.25, 0.3) is 5.56 Å². The van der Waals surface area contributed by atoms with E-state index in [0.29, 0.717) is 18.1 Å². The Hall–Kier alpha value is -2.18. The van der Waals surface area contributed by atoms with Gasteiger partial charge in [-0.2, -0.15) is 4.98 Å². The highest BCUT2D eigenvalue weighted by Crippen LogP contribution is 2.00. The van der Waals surface area contributed by atoms with Crippen molar-refractivity contribution in [3.05, 3.63) is 44.8 Å². The Morgan fingerprint density at radius 1 is 1.39 bits per heavy atom. The van der Waals surface area contributed by atoms with Gasteiger partial charge >= 0.3 is 5.69 Å². The molecule has 96 valence electrons. The second-order valence-corrected chi connectivity index (χ2v) is 3.99. The average molecular weight is 250 g/mol. The van der Waals surface area contributed by atoms with E-state index >= 15 is 0 Å². The summed E-state index contributed by atoms with van der Waals surface area (Å²) < 4.78 is 7.40. The molecule has 0 aromatic carbocycles. The molecule has 2 rings (SSSR count). The molecule has 0 saturated heterocycles. The lowest BCUT2D eigenvalue weighted by Gasteiger charge is -2.02. The molecule has 0 bridgehead atoms. The van der Waals surface area contributed by atoms with Crippen molar-refractivity contribution in [2.24, 2.45) is 7.05 Å². The second kappa shape index (κ2) is 4.99. The molecule has 0 spiro atoms. The van der Waals surface area contributed by atoms with Crippen molar-refractivity contribution in [3.8, 4) is 0 Å². The lowest BCUT2D eigenvalue weighted by Crippen LogP contribution is -2.38. The molecule has 0 aliphatic heterocycles. The molecule has 0 radical (unpaired) electrons. The summed E-state index contributed by atoms with van der Waals surface area (Å²) in [6.07, 6.45) is 3.02. The van der Waals surface area contributed by atoms with E-state index in [-0.39, 0.29) is 12.1 Å². The van der Waals surface area contributed by atoms with Gasteiger partial charge in [-0.15, -0.1) is 0 Å². The Morgan fingerprint density at radius 3 is 2.89 bits per heavy atom. The third kappa shape index (κ3) is 2.39. The van der Waals surface area contributed by atoms with Crippen LogP contribution in [-0.2, 0) is 20.0 Å². The van der Waals surface area contributed by atoms with Crippen molar-refractivity contribution in [1.82, 2.24) is 19.3 Å². The van der Waals surface area contributed by atoms with Crippen molar-refractivity contribution >= 4 is 0 Å². The van der Waals surface area contributed by atoms with Gasteiger partial charge in [-0.25, -0.2) is 4.79 Å². The summed E-state index contributed by atoms with van der Waals surface area (Å²) in [5, 5.41) is 3.75. The number of hydrogen-bond donors (Lipinski definition) is 0. The summed E-state index contributed by atoms with van der Waals surface area (Å²) in [4.78, 5) is 27.5. The fourth-order valence-corrected chi connectivity index (χ4v) is 1.57. The molecule has 0 atom stereocenters. The van der Waals surface area contributed by atoms with Gasteiger partial charge in [0.2, 0.25) is 5.89 Å². The highest BCUT2D eigenvalue weighted by molar-refractivity contribution is 4.92. The van der Waals surface area contributed by atoms with Crippen molar-refractivity contribution < 1.29 is 4.52 Å². The van der Waals surface area contributed by atoms with Gasteiger partial charge in [-0.05, 0) is 6.42 Å². The summed E-state index contributed by atoms with van der Waals surface area (Å²) in [5.74, 6) is 0.858. The molecule has 0 fully saturated rings. The molecule has 0 unspecified atom stereocenters. The molecule has 0 N–H and O–H groups in total. The number of aromatic nitrogens is 4. The maximum Gasteiger partial charge on any atom is 0.331 e. The minimum atomic E-state index is -0.399. The standard InChI is InChI=1S/C11H14N4O3/c1-3-4-9-12-8(13-18-9)7-15-10(16)5-6-14(2)11(15)17/h5-6H,3-4,7H2,1-2H3. The second-order valence-electron chi connectivity index (χ2n) is 3.99. The quantitative estimate of drug-likeness (QED) is 0.758. The first kappa shape index (κ1) is 12.3. The van der Waals surface area contributed by atoms with E-state index in [2.05, 4.69) is 10.1 Å². The Balaban J connectivity index is 2.31. The number of aryl methyl sites for hydroxylation is 2. The fraction of sp³-hybridized carbons (Fsp3) is 0.455. The van der Waals surface area contributed by atoms with Gasteiger partial charge in [-0.3, -0.25) is 9.36 Å². The van der Waals surface area contributed by atoms with Crippen LogP contribution in [-0.4, -0.2) is 19.3 Å². The largest absolute Gasteiger partial charge is 0.339 e. The van der Waals surface area contributed by atoms with Gasteiger partial charge in [0, 0.05) is 25.7 Å². The summed E-state index contributed by atoms with van der Waals surface area (Å²) in [6.45, 7) is 2.03. The topological polar surface area (TPSA) is 82.9 Å². The normalized spacial score (nSPS) is 10.8. The molecular weight excluding hydrogens is 236 g/mol. The Bertz CT molecular complexity index is 653. The van der Waals surface area contributed by atoms with Gasteiger partial charge in [-0.1, -0.05) is 12.1 Å². The summed E-state index contributed by atoms with van der Waals surface area (Å²) in [6, 6.07) is 1.33. The van der Waals surface area contributed by atoms with Crippen LogP contribution in [0, 0.1) is 0 Å². The molecule has 2 aromatic rings.